The highest BCUT2D eigenvalue weighted by Gasteiger charge is 2.26. The van der Waals surface area contributed by atoms with Gasteiger partial charge in [0.05, 0.1) is 29.3 Å². The molecule has 35 heavy (non-hydrogen) atoms. The largest absolute Gasteiger partial charge is 0.383 e. The van der Waals surface area contributed by atoms with Gasteiger partial charge in [-0.1, -0.05) is 18.5 Å². The molecule has 1 aliphatic carbocycles. The number of methoxy groups -OCH3 is 1. The van der Waals surface area contributed by atoms with E-state index in [9.17, 15) is 4.39 Å². The Balaban J connectivity index is 1.41. The van der Waals surface area contributed by atoms with Crippen molar-refractivity contribution in [3.63, 3.8) is 0 Å². The molecule has 3 aromatic heterocycles. The first-order valence-corrected chi connectivity index (χ1v) is 13.0. The van der Waals surface area contributed by atoms with E-state index in [2.05, 4.69) is 38.0 Å². The van der Waals surface area contributed by atoms with E-state index in [4.69, 9.17) is 21.4 Å². The van der Waals surface area contributed by atoms with Crippen LogP contribution in [0.4, 0.5) is 15.9 Å². The first-order chi connectivity index (χ1) is 17.1. The fourth-order valence-electron chi connectivity index (χ4n) is 4.56. The van der Waals surface area contributed by atoms with E-state index in [-0.39, 0.29) is 5.02 Å². The molecular weight excluding hydrogens is 487 g/mol. The molecule has 1 aliphatic rings. The zero-order valence-electron chi connectivity index (χ0n) is 19.9. The summed E-state index contributed by atoms with van der Waals surface area (Å²) in [5.41, 5.74) is 4.24. The molecule has 4 aromatic rings. The van der Waals surface area contributed by atoms with Gasteiger partial charge in [-0.25, -0.2) is 14.4 Å². The van der Waals surface area contributed by atoms with Gasteiger partial charge in [-0.05, 0) is 49.6 Å². The number of benzene rings is 1. The third-order valence-electron chi connectivity index (χ3n) is 6.26. The SMILES string of the molecule is CCCN(CCOC)CCn1cc2c(n1)CCc1c-2sc2ncnc(Nc3ccc(F)c(Cl)c3)c12. The number of rotatable bonds is 10. The van der Waals surface area contributed by atoms with E-state index in [0.29, 0.717) is 11.5 Å². The van der Waals surface area contributed by atoms with Crippen molar-refractivity contribution in [3.05, 3.63) is 52.8 Å². The van der Waals surface area contributed by atoms with E-state index >= 15 is 0 Å². The summed E-state index contributed by atoms with van der Waals surface area (Å²) in [6.45, 7) is 6.71. The van der Waals surface area contributed by atoms with Gasteiger partial charge in [-0.3, -0.25) is 9.58 Å². The van der Waals surface area contributed by atoms with Gasteiger partial charge in [0.1, 0.15) is 22.8 Å². The van der Waals surface area contributed by atoms with Crippen LogP contribution in [0.15, 0.2) is 30.7 Å². The fourth-order valence-corrected chi connectivity index (χ4v) is 5.97. The van der Waals surface area contributed by atoms with Crippen molar-refractivity contribution in [2.45, 2.75) is 32.7 Å². The minimum absolute atomic E-state index is 0.0735. The molecule has 184 valence electrons. The normalized spacial score (nSPS) is 12.8. The molecule has 1 N–H and O–H groups in total. The molecule has 7 nitrogen and oxygen atoms in total. The van der Waals surface area contributed by atoms with Crippen LogP contribution in [0.3, 0.4) is 0 Å². The Kier molecular flexibility index (Phi) is 7.29. The Morgan fingerprint density at radius 1 is 1.23 bits per heavy atom. The lowest BCUT2D eigenvalue weighted by molar-refractivity contribution is 0.144. The molecule has 0 bridgehead atoms. The van der Waals surface area contributed by atoms with Crippen LogP contribution >= 0.6 is 22.9 Å². The molecule has 0 spiro atoms. The average Bonchev–Trinajstić information content (AvgIpc) is 3.44. The summed E-state index contributed by atoms with van der Waals surface area (Å²) in [5.74, 6) is 0.262. The van der Waals surface area contributed by atoms with Crippen molar-refractivity contribution >= 4 is 44.7 Å². The number of anilines is 2. The Morgan fingerprint density at radius 3 is 2.91 bits per heavy atom. The quantitative estimate of drug-likeness (QED) is 0.299. The molecule has 0 saturated carbocycles. The van der Waals surface area contributed by atoms with Crippen LogP contribution in [0.25, 0.3) is 20.7 Å². The number of ether oxygens (including phenoxy) is 1. The molecule has 0 atom stereocenters. The molecule has 0 unspecified atom stereocenters. The standard InChI is InChI=1S/C25H28ClFN6OS/c1-3-8-32(11-12-34-2)9-10-33-14-18-21(31-33)7-5-17-22-24(28-15-29-25(22)35-23(17)18)30-16-4-6-20(27)19(26)13-16/h4,6,13-15H,3,5,7-12H2,1-2H3,(H,28,29,30). The Morgan fingerprint density at radius 2 is 2.11 bits per heavy atom. The second-order valence-corrected chi connectivity index (χ2v) is 10.1. The lowest BCUT2D eigenvalue weighted by Gasteiger charge is -2.21. The van der Waals surface area contributed by atoms with Gasteiger partial charge in [-0.15, -0.1) is 11.3 Å². The topological polar surface area (TPSA) is 68.1 Å². The zero-order chi connectivity index (χ0) is 24.4. The molecular formula is C25H28ClFN6OS. The van der Waals surface area contributed by atoms with E-state index in [1.807, 2.05) is 0 Å². The summed E-state index contributed by atoms with van der Waals surface area (Å²) < 4.78 is 20.9. The summed E-state index contributed by atoms with van der Waals surface area (Å²) in [5, 5.41) is 9.30. The lowest BCUT2D eigenvalue weighted by atomic mass is 9.95. The summed E-state index contributed by atoms with van der Waals surface area (Å²) in [6.07, 6.45) is 6.60. The van der Waals surface area contributed by atoms with Crippen molar-refractivity contribution in [2.24, 2.45) is 0 Å². The maximum Gasteiger partial charge on any atom is 0.142 e. The van der Waals surface area contributed by atoms with E-state index in [1.54, 1.807) is 36.9 Å². The fraction of sp³-hybridized carbons (Fsp3) is 0.400. The van der Waals surface area contributed by atoms with Gasteiger partial charge in [0.25, 0.3) is 0 Å². The van der Waals surface area contributed by atoms with Gasteiger partial charge in [0.15, 0.2) is 0 Å². The van der Waals surface area contributed by atoms with Crippen LogP contribution in [0, 0.1) is 5.82 Å². The van der Waals surface area contributed by atoms with Crippen molar-refractivity contribution < 1.29 is 9.13 Å². The van der Waals surface area contributed by atoms with Crippen molar-refractivity contribution in [3.8, 4) is 10.4 Å². The summed E-state index contributed by atoms with van der Waals surface area (Å²) >= 11 is 7.65. The predicted octanol–water partition coefficient (Wildman–Crippen LogP) is 5.55. The zero-order valence-corrected chi connectivity index (χ0v) is 21.4. The number of aryl methyl sites for hydroxylation is 2. The maximum absolute atomic E-state index is 13.6. The Hall–Kier alpha value is -2.59. The monoisotopic (exact) mass is 514 g/mol. The van der Waals surface area contributed by atoms with Crippen LogP contribution in [0.1, 0.15) is 24.6 Å². The number of fused-ring (bicyclic) bond motifs is 5. The Bertz CT molecular complexity index is 1340. The number of thiophene rings is 1. The van der Waals surface area contributed by atoms with Crippen molar-refractivity contribution in [2.75, 3.05) is 38.7 Å². The highest BCUT2D eigenvalue weighted by molar-refractivity contribution is 7.22. The molecule has 0 amide bonds. The van der Waals surface area contributed by atoms with Gasteiger partial charge >= 0.3 is 0 Å². The minimum Gasteiger partial charge on any atom is -0.383 e. The molecule has 1 aromatic carbocycles. The molecule has 0 saturated heterocycles. The molecule has 0 aliphatic heterocycles. The van der Waals surface area contributed by atoms with Gasteiger partial charge in [0, 0.05) is 42.5 Å². The number of hydrogen-bond acceptors (Lipinski definition) is 7. The highest BCUT2D eigenvalue weighted by Crippen LogP contribution is 2.45. The second kappa shape index (κ2) is 10.6. The number of hydrogen-bond donors (Lipinski definition) is 1. The molecule has 3 heterocycles. The van der Waals surface area contributed by atoms with Crippen LogP contribution in [-0.2, 0) is 24.1 Å². The van der Waals surface area contributed by atoms with Gasteiger partial charge in [-0.2, -0.15) is 5.10 Å². The molecule has 5 rings (SSSR count). The van der Waals surface area contributed by atoms with E-state index < -0.39 is 5.82 Å². The maximum atomic E-state index is 13.6. The van der Waals surface area contributed by atoms with Crippen LogP contribution < -0.4 is 5.32 Å². The first-order valence-electron chi connectivity index (χ1n) is 11.8. The molecule has 0 radical (unpaired) electrons. The number of halogens is 2. The smallest absolute Gasteiger partial charge is 0.142 e. The van der Waals surface area contributed by atoms with Gasteiger partial charge < -0.3 is 10.1 Å². The number of nitrogens with zero attached hydrogens (tertiary/aromatic N) is 5. The van der Waals surface area contributed by atoms with Crippen LogP contribution in [0.5, 0.6) is 0 Å². The summed E-state index contributed by atoms with van der Waals surface area (Å²) in [4.78, 5) is 13.6. The van der Waals surface area contributed by atoms with Crippen molar-refractivity contribution in [1.82, 2.24) is 24.6 Å². The molecule has 0 fully saturated rings. The number of aromatic nitrogens is 4. The third-order valence-corrected chi connectivity index (χ3v) is 7.72. The highest BCUT2D eigenvalue weighted by atomic mass is 35.5. The van der Waals surface area contributed by atoms with E-state index in [0.717, 1.165) is 68.0 Å². The lowest BCUT2D eigenvalue weighted by Crippen LogP contribution is -2.31. The average molecular weight is 515 g/mol. The van der Waals surface area contributed by atoms with E-state index in [1.165, 1.54) is 22.1 Å². The second-order valence-electron chi connectivity index (χ2n) is 8.65. The van der Waals surface area contributed by atoms with Crippen LogP contribution in [-0.4, -0.2) is 58.0 Å². The van der Waals surface area contributed by atoms with Crippen LogP contribution in [0.2, 0.25) is 5.02 Å². The van der Waals surface area contributed by atoms with Gasteiger partial charge in [0.2, 0.25) is 0 Å². The Labute approximate surface area is 212 Å². The predicted molar refractivity (Wildman–Crippen MR) is 139 cm³/mol. The number of nitrogens with one attached hydrogen (secondary N) is 1. The third kappa shape index (κ3) is 5.04. The van der Waals surface area contributed by atoms with Crippen molar-refractivity contribution in [1.29, 1.82) is 0 Å². The molecule has 10 heteroatoms. The first kappa shape index (κ1) is 24.1. The summed E-state index contributed by atoms with van der Waals surface area (Å²) in [7, 11) is 1.74. The summed E-state index contributed by atoms with van der Waals surface area (Å²) in [6, 6.07) is 4.58. The minimum atomic E-state index is -0.445.